The summed E-state index contributed by atoms with van der Waals surface area (Å²) in [6.45, 7) is 3.09. The highest BCUT2D eigenvalue weighted by Gasteiger charge is 2.45. The van der Waals surface area contributed by atoms with Crippen molar-refractivity contribution < 1.29 is 22.7 Å². The summed E-state index contributed by atoms with van der Waals surface area (Å²) < 4.78 is 45.6. The van der Waals surface area contributed by atoms with E-state index in [1.807, 2.05) is 12.1 Å². The van der Waals surface area contributed by atoms with Gasteiger partial charge in [0.05, 0.1) is 22.6 Å². The van der Waals surface area contributed by atoms with Crippen molar-refractivity contribution in [1.82, 2.24) is 4.90 Å². The molecule has 2 fully saturated rings. The number of carbonyl (C=O) groups is 1. The van der Waals surface area contributed by atoms with Crippen molar-refractivity contribution in [1.29, 1.82) is 5.26 Å². The van der Waals surface area contributed by atoms with Crippen LogP contribution in [0.2, 0.25) is 0 Å². The Labute approximate surface area is 191 Å². The third kappa shape index (κ3) is 4.83. The van der Waals surface area contributed by atoms with Crippen molar-refractivity contribution in [2.24, 2.45) is 0 Å². The Hall–Kier alpha value is -3.05. The van der Waals surface area contributed by atoms with Gasteiger partial charge >= 0.3 is 6.18 Å². The fourth-order valence-corrected chi connectivity index (χ4v) is 4.77. The van der Waals surface area contributed by atoms with Gasteiger partial charge in [0, 0.05) is 45.1 Å². The maximum Gasteiger partial charge on any atom is 0.416 e. The minimum absolute atomic E-state index is 0.119. The fraction of sp³-hybridized carbons (Fsp3) is 0.440. The molecule has 2 saturated heterocycles. The quantitative estimate of drug-likeness (QED) is 0.687. The number of rotatable bonds is 3. The van der Waals surface area contributed by atoms with Crippen LogP contribution in [-0.4, -0.2) is 50.2 Å². The average molecular weight is 457 g/mol. The first kappa shape index (κ1) is 23.1. The summed E-state index contributed by atoms with van der Waals surface area (Å²) in [5.74, 6) is -0.119. The van der Waals surface area contributed by atoms with Crippen LogP contribution in [-0.2, 0) is 21.1 Å². The highest BCUT2D eigenvalue weighted by atomic mass is 19.4. The molecule has 33 heavy (non-hydrogen) atoms. The Balaban J connectivity index is 1.57. The van der Waals surface area contributed by atoms with Crippen LogP contribution in [0, 0.1) is 11.3 Å². The molecule has 0 radical (unpaired) electrons. The predicted octanol–water partition coefficient (Wildman–Crippen LogP) is 4.36. The lowest BCUT2D eigenvalue weighted by molar-refractivity contribution is -0.142. The Morgan fingerprint density at radius 1 is 1.00 bits per heavy atom. The lowest BCUT2D eigenvalue weighted by Crippen LogP contribution is -2.51. The van der Waals surface area contributed by atoms with Gasteiger partial charge in [-0.2, -0.15) is 18.4 Å². The van der Waals surface area contributed by atoms with Gasteiger partial charge in [0.1, 0.15) is 0 Å². The van der Waals surface area contributed by atoms with Crippen molar-refractivity contribution in [3.05, 3.63) is 65.2 Å². The SMILES string of the molecule is N#Cc1ccc(N2CCCN(C(=O)C3(c4cccc(C(F)(F)F)c4)CCOCC3)CC2)cc1. The fourth-order valence-electron chi connectivity index (χ4n) is 4.77. The van der Waals surface area contributed by atoms with Gasteiger partial charge in [-0.3, -0.25) is 4.79 Å². The summed E-state index contributed by atoms with van der Waals surface area (Å²) in [7, 11) is 0. The smallest absolute Gasteiger partial charge is 0.381 e. The Morgan fingerprint density at radius 2 is 1.73 bits per heavy atom. The Bertz CT molecular complexity index is 1020. The molecule has 2 heterocycles. The maximum absolute atomic E-state index is 13.9. The predicted molar refractivity (Wildman–Crippen MR) is 118 cm³/mol. The molecule has 0 aliphatic carbocycles. The molecule has 8 heteroatoms. The van der Waals surface area contributed by atoms with Crippen LogP contribution in [0.5, 0.6) is 0 Å². The van der Waals surface area contributed by atoms with Crippen LogP contribution >= 0.6 is 0 Å². The second-order valence-corrected chi connectivity index (χ2v) is 8.56. The van der Waals surface area contributed by atoms with E-state index in [2.05, 4.69) is 11.0 Å². The summed E-state index contributed by atoms with van der Waals surface area (Å²) in [5, 5.41) is 9.00. The maximum atomic E-state index is 13.9. The molecule has 2 aromatic carbocycles. The topological polar surface area (TPSA) is 56.6 Å². The van der Waals surface area contributed by atoms with E-state index in [1.165, 1.54) is 6.07 Å². The molecule has 174 valence electrons. The molecule has 0 aromatic heterocycles. The van der Waals surface area contributed by atoms with Crippen LogP contribution in [0.3, 0.4) is 0 Å². The number of anilines is 1. The molecular formula is C25H26F3N3O2. The van der Waals surface area contributed by atoms with Crippen molar-refractivity contribution in [3.8, 4) is 6.07 Å². The Morgan fingerprint density at radius 3 is 2.39 bits per heavy atom. The van der Waals surface area contributed by atoms with Gasteiger partial charge in [0.15, 0.2) is 0 Å². The second kappa shape index (κ2) is 9.44. The first-order valence-electron chi connectivity index (χ1n) is 11.1. The van der Waals surface area contributed by atoms with Crippen LogP contribution in [0.25, 0.3) is 0 Å². The molecular weight excluding hydrogens is 431 g/mol. The largest absolute Gasteiger partial charge is 0.416 e. The van der Waals surface area contributed by atoms with E-state index in [0.717, 1.165) is 30.8 Å². The number of alkyl halides is 3. The van der Waals surface area contributed by atoms with Crippen LogP contribution in [0.15, 0.2) is 48.5 Å². The molecule has 0 unspecified atom stereocenters. The number of hydrogen-bond donors (Lipinski definition) is 0. The van der Waals surface area contributed by atoms with Crippen LogP contribution in [0.1, 0.15) is 36.0 Å². The van der Waals surface area contributed by atoms with Crippen molar-refractivity contribution in [3.63, 3.8) is 0 Å². The summed E-state index contributed by atoms with van der Waals surface area (Å²) in [6, 6.07) is 14.7. The zero-order valence-electron chi connectivity index (χ0n) is 18.3. The molecule has 0 N–H and O–H groups in total. The molecule has 2 aromatic rings. The number of halogens is 3. The van der Waals surface area contributed by atoms with E-state index in [1.54, 1.807) is 23.1 Å². The highest BCUT2D eigenvalue weighted by Crippen LogP contribution is 2.40. The van der Waals surface area contributed by atoms with Gasteiger partial charge in [0.25, 0.3) is 0 Å². The molecule has 0 saturated carbocycles. The van der Waals surface area contributed by atoms with Gasteiger partial charge in [-0.1, -0.05) is 18.2 Å². The molecule has 0 atom stereocenters. The summed E-state index contributed by atoms with van der Waals surface area (Å²) >= 11 is 0. The summed E-state index contributed by atoms with van der Waals surface area (Å²) in [6.07, 6.45) is -2.98. The molecule has 0 bridgehead atoms. The van der Waals surface area contributed by atoms with Crippen LogP contribution < -0.4 is 4.90 Å². The van der Waals surface area contributed by atoms with Gasteiger partial charge in [-0.25, -0.2) is 0 Å². The highest BCUT2D eigenvalue weighted by molar-refractivity contribution is 5.88. The monoisotopic (exact) mass is 457 g/mol. The van der Waals surface area contributed by atoms with E-state index in [9.17, 15) is 18.0 Å². The molecule has 2 aliphatic rings. The number of hydrogen-bond acceptors (Lipinski definition) is 4. The standard InChI is InChI=1S/C25H26F3N3O2/c26-25(27,28)21-4-1-3-20(17-21)24(9-15-33-16-10-24)23(32)31-12-2-11-30(13-14-31)22-7-5-19(18-29)6-8-22/h1,3-8,17H,2,9-16H2. The minimum atomic E-state index is -4.46. The minimum Gasteiger partial charge on any atom is -0.381 e. The number of ether oxygens (including phenoxy) is 1. The van der Waals surface area contributed by atoms with E-state index in [-0.39, 0.29) is 5.91 Å². The lowest BCUT2D eigenvalue weighted by Gasteiger charge is -2.40. The first-order chi connectivity index (χ1) is 15.8. The molecule has 5 nitrogen and oxygen atoms in total. The number of benzene rings is 2. The van der Waals surface area contributed by atoms with Gasteiger partial charge in [0.2, 0.25) is 5.91 Å². The molecule has 1 amide bonds. The van der Waals surface area contributed by atoms with Gasteiger partial charge in [-0.05, 0) is 55.2 Å². The second-order valence-electron chi connectivity index (χ2n) is 8.56. The van der Waals surface area contributed by atoms with E-state index in [0.29, 0.717) is 56.8 Å². The zero-order chi connectivity index (χ0) is 23.5. The Kier molecular flexibility index (Phi) is 6.61. The number of nitriles is 1. The van der Waals surface area contributed by atoms with Gasteiger partial charge < -0.3 is 14.5 Å². The molecule has 0 spiro atoms. The third-order valence-electron chi connectivity index (χ3n) is 6.64. The van der Waals surface area contributed by atoms with Gasteiger partial charge in [-0.15, -0.1) is 0 Å². The number of nitrogens with zero attached hydrogens (tertiary/aromatic N) is 3. The van der Waals surface area contributed by atoms with E-state index in [4.69, 9.17) is 10.00 Å². The average Bonchev–Trinajstić information content (AvgIpc) is 3.10. The summed E-state index contributed by atoms with van der Waals surface area (Å²) in [4.78, 5) is 17.8. The van der Waals surface area contributed by atoms with Crippen LogP contribution in [0.4, 0.5) is 18.9 Å². The number of carbonyl (C=O) groups excluding carboxylic acids is 1. The molecule has 2 aliphatic heterocycles. The van der Waals surface area contributed by atoms with E-state index >= 15 is 0 Å². The normalized spacial score (nSPS) is 19.0. The third-order valence-corrected chi connectivity index (χ3v) is 6.64. The van der Waals surface area contributed by atoms with E-state index < -0.39 is 17.2 Å². The first-order valence-corrected chi connectivity index (χ1v) is 11.1. The molecule has 4 rings (SSSR count). The van der Waals surface area contributed by atoms with Crippen molar-refractivity contribution in [2.45, 2.75) is 30.9 Å². The number of amides is 1. The summed E-state index contributed by atoms with van der Waals surface area (Å²) in [5.41, 5.74) is 0.249. The lowest BCUT2D eigenvalue weighted by atomic mass is 9.72. The zero-order valence-corrected chi connectivity index (χ0v) is 18.3. The van der Waals surface area contributed by atoms with Crippen molar-refractivity contribution in [2.75, 3.05) is 44.3 Å². The van der Waals surface area contributed by atoms with Crippen molar-refractivity contribution >= 4 is 11.6 Å².